The Morgan fingerprint density at radius 3 is 2.80 bits per heavy atom. The minimum absolute atomic E-state index is 0.321. The van der Waals surface area contributed by atoms with Crippen molar-refractivity contribution in [2.45, 2.75) is 11.1 Å². The third-order valence-electron chi connectivity index (χ3n) is 1.83. The van der Waals surface area contributed by atoms with Crippen LogP contribution in [0, 0.1) is 0 Å². The van der Waals surface area contributed by atoms with Crippen LogP contribution in [0.25, 0.3) is 11.1 Å². The first kappa shape index (κ1) is 10.4. The molecule has 0 bridgehead atoms. The zero-order chi connectivity index (χ0) is 11.1. The van der Waals surface area contributed by atoms with Gasteiger partial charge in [0.25, 0.3) is 10.0 Å². The number of nitrogens with zero attached hydrogens (tertiary/aromatic N) is 1. The van der Waals surface area contributed by atoms with Crippen LogP contribution in [0.5, 0.6) is 0 Å². The molecule has 0 radical (unpaired) electrons. The van der Waals surface area contributed by atoms with Crippen LogP contribution in [-0.2, 0) is 15.9 Å². The Labute approximate surface area is 90.9 Å². The Morgan fingerprint density at radius 1 is 1.47 bits per heavy atom. The van der Waals surface area contributed by atoms with Gasteiger partial charge in [-0.15, -0.1) is 11.6 Å². The van der Waals surface area contributed by atoms with Crippen molar-refractivity contribution in [3.8, 4) is 0 Å². The molecule has 7 heteroatoms. The predicted molar refractivity (Wildman–Crippen MR) is 54.9 cm³/mol. The summed E-state index contributed by atoms with van der Waals surface area (Å²) < 4.78 is 26.9. The number of rotatable bonds is 2. The van der Waals surface area contributed by atoms with Crippen molar-refractivity contribution in [1.82, 2.24) is 4.98 Å². The van der Waals surface area contributed by atoms with Crippen molar-refractivity contribution in [2.75, 3.05) is 0 Å². The molecule has 15 heavy (non-hydrogen) atoms. The van der Waals surface area contributed by atoms with E-state index in [0.29, 0.717) is 17.0 Å². The Kier molecular flexibility index (Phi) is 2.41. The minimum atomic E-state index is -3.90. The molecule has 2 aromatic rings. The van der Waals surface area contributed by atoms with Gasteiger partial charge in [-0.1, -0.05) is 6.07 Å². The van der Waals surface area contributed by atoms with Crippen molar-refractivity contribution >= 4 is 32.7 Å². The lowest BCUT2D eigenvalue weighted by Gasteiger charge is -1.91. The Bertz CT molecular complexity index is 605. The van der Waals surface area contributed by atoms with E-state index in [0.717, 1.165) is 5.56 Å². The van der Waals surface area contributed by atoms with E-state index < -0.39 is 15.2 Å². The number of sulfonamides is 1. The van der Waals surface area contributed by atoms with Crippen LogP contribution < -0.4 is 5.14 Å². The molecular weight excluding hydrogens is 240 g/mol. The summed E-state index contributed by atoms with van der Waals surface area (Å²) in [6.45, 7) is 0. The smallest absolute Gasteiger partial charge is 0.331 e. The van der Waals surface area contributed by atoms with Crippen molar-refractivity contribution < 1.29 is 12.8 Å². The number of halogens is 1. The number of primary sulfonamides is 1. The van der Waals surface area contributed by atoms with Gasteiger partial charge in [0.05, 0.1) is 0 Å². The summed E-state index contributed by atoms with van der Waals surface area (Å²) >= 11 is 5.62. The normalized spacial score (nSPS) is 12.1. The molecular formula is C8H7ClN2O3S. The lowest BCUT2D eigenvalue weighted by atomic mass is 10.2. The molecule has 0 fully saturated rings. The van der Waals surface area contributed by atoms with Gasteiger partial charge in [0.15, 0.2) is 5.58 Å². The van der Waals surface area contributed by atoms with Crippen LogP contribution in [0.2, 0.25) is 0 Å². The predicted octanol–water partition coefficient (Wildman–Crippen LogP) is 1.21. The molecule has 2 rings (SSSR count). The zero-order valence-electron chi connectivity index (χ0n) is 7.47. The number of hydrogen-bond donors (Lipinski definition) is 1. The fraction of sp³-hybridized carbons (Fsp3) is 0.125. The Morgan fingerprint density at radius 2 is 2.20 bits per heavy atom. The average molecular weight is 247 g/mol. The van der Waals surface area contributed by atoms with Crippen molar-refractivity contribution in [3.63, 3.8) is 0 Å². The number of benzene rings is 1. The third kappa shape index (κ3) is 1.97. The van der Waals surface area contributed by atoms with Gasteiger partial charge in [-0.25, -0.2) is 13.6 Å². The first-order valence-electron chi connectivity index (χ1n) is 3.99. The second-order valence-electron chi connectivity index (χ2n) is 2.96. The molecule has 80 valence electrons. The number of hydrogen-bond acceptors (Lipinski definition) is 4. The summed E-state index contributed by atoms with van der Waals surface area (Å²) in [5.41, 5.74) is 1.62. The highest BCUT2D eigenvalue weighted by molar-refractivity contribution is 7.88. The molecule has 0 amide bonds. The van der Waals surface area contributed by atoms with E-state index in [1.54, 1.807) is 18.2 Å². The lowest BCUT2D eigenvalue weighted by Crippen LogP contribution is -2.12. The van der Waals surface area contributed by atoms with Crippen LogP contribution in [0.15, 0.2) is 27.8 Å². The molecule has 0 aliphatic carbocycles. The number of aromatic nitrogens is 1. The monoisotopic (exact) mass is 246 g/mol. The maximum atomic E-state index is 11.0. The van der Waals surface area contributed by atoms with Gasteiger partial charge < -0.3 is 4.42 Å². The van der Waals surface area contributed by atoms with Crippen LogP contribution in [0.3, 0.4) is 0 Å². The summed E-state index contributed by atoms with van der Waals surface area (Å²) in [4.78, 5) is 3.74. The lowest BCUT2D eigenvalue weighted by molar-refractivity contribution is 0.459. The third-order valence-corrected chi connectivity index (χ3v) is 2.80. The zero-order valence-corrected chi connectivity index (χ0v) is 9.05. The van der Waals surface area contributed by atoms with E-state index in [2.05, 4.69) is 4.98 Å². The van der Waals surface area contributed by atoms with Gasteiger partial charge in [0, 0.05) is 5.88 Å². The van der Waals surface area contributed by atoms with Crippen LogP contribution in [-0.4, -0.2) is 13.4 Å². The Hall–Kier alpha value is -1.11. The van der Waals surface area contributed by atoms with E-state index >= 15 is 0 Å². The van der Waals surface area contributed by atoms with Crippen LogP contribution >= 0.6 is 11.6 Å². The van der Waals surface area contributed by atoms with Gasteiger partial charge in [-0.3, -0.25) is 0 Å². The highest BCUT2D eigenvalue weighted by atomic mass is 35.5. The largest absolute Gasteiger partial charge is 0.427 e. The number of fused-ring (bicyclic) bond motifs is 1. The first-order chi connectivity index (χ1) is 7.00. The number of alkyl halides is 1. The van der Waals surface area contributed by atoms with E-state index in [9.17, 15) is 8.42 Å². The maximum Gasteiger partial charge on any atom is 0.331 e. The quantitative estimate of drug-likeness (QED) is 0.807. The fourth-order valence-corrected chi connectivity index (χ4v) is 1.75. The van der Waals surface area contributed by atoms with E-state index in [1.165, 1.54) is 0 Å². The SMILES string of the molecule is NS(=O)(=O)c1nc2ccc(CCl)cc2o1. The molecule has 0 saturated carbocycles. The molecule has 1 heterocycles. The average Bonchev–Trinajstić information content (AvgIpc) is 2.59. The molecule has 0 aliphatic heterocycles. The molecule has 1 aromatic carbocycles. The molecule has 0 atom stereocenters. The highest BCUT2D eigenvalue weighted by Gasteiger charge is 2.16. The van der Waals surface area contributed by atoms with E-state index in [1.807, 2.05) is 0 Å². The molecule has 1 aromatic heterocycles. The maximum absolute atomic E-state index is 11.0. The Balaban J connectivity index is 2.66. The van der Waals surface area contributed by atoms with Crippen LogP contribution in [0.1, 0.15) is 5.56 Å². The van der Waals surface area contributed by atoms with Crippen molar-refractivity contribution in [1.29, 1.82) is 0 Å². The molecule has 2 N–H and O–H groups in total. The summed E-state index contributed by atoms with van der Waals surface area (Å²) in [5.74, 6) is 0.321. The van der Waals surface area contributed by atoms with Gasteiger partial charge in [0.1, 0.15) is 5.52 Å². The standard InChI is InChI=1S/C8H7ClN2O3S/c9-4-5-1-2-6-7(3-5)14-8(11-6)15(10,12)13/h1-3H,4H2,(H2,10,12,13). The topological polar surface area (TPSA) is 86.2 Å². The first-order valence-corrected chi connectivity index (χ1v) is 6.07. The summed E-state index contributed by atoms with van der Waals surface area (Å²) in [6.07, 6.45) is 0. The molecule has 0 spiro atoms. The minimum Gasteiger partial charge on any atom is -0.427 e. The van der Waals surface area contributed by atoms with Gasteiger partial charge in [-0.05, 0) is 17.7 Å². The molecule has 0 saturated heterocycles. The highest BCUT2D eigenvalue weighted by Crippen LogP contribution is 2.20. The van der Waals surface area contributed by atoms with Crippen LogP contribution in [0.4, 0.5) is 0 Å². The molecule has 5 nitrogen and oxygen atoms in total. The van der Waals surface area contributed by atoms with E-state index in [4.69, 9.17) is 21.2 Å². The van der Waals surface area contributed by atoms with Gasteiger partial charge in [-0.2, -0.15) is 4.98 Å². The second kappa shape index (κ2) is 3.48. The number of nitrogens with two attached hydrogens (primary N) is 1. The second-order valence-corrected chi connectivity index (χ2v) is 4.67. The van der Waals surface area contributed by atoms with Gasteiger partial charge >= 0.3 is 5.22 Å². The van der Waals surface area contributed by atoms with E-state index in [-0.39, 0.29) is 0 Å². The molecule has 0 aliphatic rings. The van der Waals surface area contributed by atoms with Gasteiger partial charge in [0.2, 0.25) is 0 Å². The van der Waals surface area contributed by atoms with Crippen molar-refractivity contribution in [3.05, 3.63) is 23.8 Å². The summed E-state index contributed by atoms with van der Waals surface area (Å²) in [5, 5.41) is 4.40. The summed E-state index contributed by atoms with van der Waals surface area (Å²) in [7, 11) is -3.90. The fourth-order valence-electron chi connectivity index (χ4n) is 1.15. The summed E-state index contributed by atoms with van der Waals surface area (Å²) in [6, 6.07) is 5.00. The van der Waals surface area contributed by atoms with Crippen molar-refractivity contribution in [2.24, 2.45) is 5.14 Å². The number of oxazole rings is 1. The molecule has 0 unspecified atom stereocenters.